The number of hydrogen-bond donors (Lipinski definition) is 3. The summed E-state index contributed by atoms with van der Waals surface area (Å²) in [5, 5.41) is 11.4. The molecule has 1 amide bonds. The largest absolute Gasteiger partial charge is 0.433 e. The number of halogens is 3. The molecular weight excluding hydrogens is 263 g/mol. The van der Waals surface area contributed by atoms with E-state index in [9.17, 15) is 18.0 Å². The fourth-order valence-electron chi connectivity index (χ4n) is 1.43. The number of carbonyl (C=O) groups excluding carboxylic acids is 1. The van der Waals surface area contributed by atoms with Gasteiger partial charge in [0.2, 0.25) is 0 Å². The first-order chi connectivity index (χ1) is 8.75. The van der Waals surface area contributed by atoms with Crippen LogP contribution in [0.4, 0.5) is 19.0 Å². The number of rotatable bonds is 5. The van der Waals surface area contributed by atoms with Crippen LogP contribution in [0.15, 0.2) is 12.1 Å². The topological polar surface area (TPSA) is 88.2 Å². The summed E-state index contributed by atoms with van der Waals surface area (Å²) in [7, 11) is 0. The predicted molar refractivity (Wildman–Crippen MR) is 62.5 cm³/mol. The number of hydrogen-bond acceptors (Lipinski definition) is 4. The number of nitrogens with zero attached hydrogens (tertiary/aromatic N) is 1. The molecule has 1 heterocycles. The fourth-order valence-corrected chi connectivity index (χ4v) is 1.43. The van der Waals surface area contributed by atoms with Gasteiger partial charge in [0.25, 0.3) is 5.91 Å². The molecule has 0 aromatic carbocycles. The second-order valence-electron chi connectivity index (χ2n) is 4.01. The molecule has 1 aromatic rings. The Morgan fingerprint density at radius 1 is 1.53 bits per heavy atom. The van der Waals surface area contributed by atoms with Crippen LogP contribution in [0.2, 0.25) is 0 Å². The van der Waals surface area contributed by atoms with E-state index < -0.39 is 17.8 Å². The van der Waals surface area contributed by atoms with Gasteiger partial charge in [-0.3, -0.25) is 4.79 Å². The molecule has 1 rings (SSSR count). The van der Waals surface area contributed by atoms with Gasteiger partial charge in [0.1, 0.15) is 11.5 Å². The summed E-state index contributed by atoms with van der Waals surface area (Å²) in [6, 6.07) is 1.33. The number of nitrogens with two attached hydrogens (primary N) is 1. The smallest absolute Gasteiger partial charge is 0.396 e. The minimum Gasteiger partial charge on any atom is -0.396 e. The zero-order chi connectivity index (χ0) is 14.6. The first kappa shape index (κ1) is 15.2. The average Bonchev–Trinajstić information content (AvgIpc) is 2.27. The van der Waals surface area contributed by atoms with Gasteiger partial charge in [-0.1, -0.05) is 0 Å². The number of carbonyl (C=O) groups is 1. The molecule has 0 radical (unpaired) electrons. The van der Waals surface area contributed by atoms with Gasteiger partial charge in [0, 0.05) is 12.6 Å². The molecule has 0 saturated heterocycles. The summed E-state index contributed by atoms with van der Waals surface area (Å²) in [4.78, 5) is 14.5. The van der Waals surface area contributed by atoms with Crippen LogP contribution >= 0.6 is 0 Å². The third-order valence-corrected chi connectivity index (χ3v) is 2.40. The number of alkyl halides is 3. The molecule has 0 aliphatic carbocycles. The molecule has 0 aliphatic rings. The fraction of sp³-hybridized carbons (Fsp3) is 0.455. The van der Waals surface area contributed by atoms with Crippen molar-refractivity contribution in [1.29, 1.82) is 0 Å². The first-order valence-corrected chi connectivity index (χ1v) is 5.51. The van der Waals surface area contributed by atoms with E-state index >= 15 is 0 Å². The highest BCUT2D eigenvalue weighted by atomic mass is 19.4. The summed E-state index contributed by atoms with van der Waals surface area (Å²) < 4.78 is 37.6. The number of aromatic nitrogens is 1. The Kier molecular flexibility index (Phi) is 4.71. The van der Waals surface area contributed by atoms with Gasteiger partial charge in [-0.25, -0.2) is 4.98 Å². The molecule has 0 spiro atoms. The third-order valence-electron chi connectivity index (χ3n) is 2.40. The van der Waals surface area contributed by atoms with E-state index in [4.69, 9.17) is 10.8 Å². The highest BCUT2D eigenvalue weighted by Gasteiger charge is 2.33. The quantitative estimate of drug-likeness (QED) is 0.758. The second-order valence-corrected chi connectivity index (χ2v) is 4.01. The molecule has 106 valence electrons. The average molecular weight is 277 g/mol. The lowest BCUT2D eigenvalue weighted by atomic mass is 10.2. The van der Waals surface area contributed by atoms with E-state index in [1.54, 1.807) is 6.92 Å². The number of nitrogens with one attached hydrogen (secondary N) is 1. The summed E-state index contributed by atoms with van der Waals surface area (Å²) in [6.07, 6.45) is -4.30. The molecule has 4 N–H and O–H groups in total. The van der Waals surface area contributed by atoms with Crippen molar-refractivity contribution in [3.8, 4) is 0 Å². The summed E-state index contributed by atoms with van der Waals surface area (Å²) in [5.41, 5.74) is 3.83. The van der Waals surface area contributed by atoms with Crippen LogP contribution in [0.1, 0.15) is 29.4 Å². The van der Waals surface area contributed by atoms with Crippen LogP contribution in [0.5, 0.6) is 0 Å². The van der Waals surface area contributed by atoms with E-state index in [0.717, 1.165) is 6.07 Å². The van der Waals surface area contributed by atoms with Crippen LogP contribution in [0.25, 0.3) is 0 Å². The highest BCUT2D eigenvalue weighted by molar-refractivity contribution is 5.97. The number of amides is 1. The van der Waals surface area contributed by atoms with Crippen molar-refractivity contribution in [2.24, 2.45) is 5.73 Å². The minimum atomic E-state index is -4.60. The number of anilines is 1. The van der Waals surface area contributed by atoms with E-state index in [0.29, 0.717) is 12.5 Å². The molecule has 0 bridgehead atoms. The highest BCUT2D eigenvalue weighted by Crippen LogP contribution is 2.29. The van der Waals surface area contributed by atoms with Gasteiger partial charge >= 0.3 is 6.18 Å². The molecule has 1 unspecified atom stereocenters. The van der Waals surface area contributed by atoms with Crippen molar-refractivity contribution in [3.05, 3.63) is 23.4 Å². The Morgan fingerprint density at radius 2 is 2.16 bits per heavy atom. The number of pyridine rings is 1. The van der Waals surface area contributed by atoms with Crippen LogP contribution in [0.3, 0.4) is 0 Å². The lowest BCUT2D eigenvalue weighted by molar-refractivity contribution is -0.141. The van der Waals surface area contributed by atoms with E-state index in [2.05, 4.69) is 10.3 Å². The predicted octanol–water partition coefficient (Wildman–Crippen LogP) is 1.38. The first-order valence-electron chi connectivity index (χ1n) is 5.51. The Hall–Kier alpha value is -1.83. The lowest BCUT2D eigenvalue weighted by Crippen LogP contribution is -2.23. The second kappa shape index (κ2) is 5.87. The number of aliphatic hydroxyl groups excluding tert-OH is 1. The standard InChI is InChI=1S/C11H14F3N3O2/c1-6(4-5-18)16-10-7(9(15)19)2-3-8(17-10)11(12,13)14/h2-3,6,18H,4-5H2,1H3,(H2,15,19)(H,16,17). The molecule has 0 saturated carbocycles. The molecule has 19 heavy (non-hydrogen) atoms. The molecule has 8 heteroatoms. The van der Waals surface area contributed by atoms with Crippen molar-refractivity contribution in [3.63, 3.8) is 0 Å². The van der Waals surface area contributed by atoms with Gasteiger partial charge in [-0.15, -0.1) is 0 Å². The van der Waals surface area contributed by atoms with Gasteiger partial charge in [0.15, 0.2) is 0 Å². The zero-order valence-electron chi connectivity index (χ0n) is 10.2. The Balaban J connectivity index is 3.12. The monoisotopic (exact) mass is 277 g/mol. The molecule has 0 aliphatic heterocycles. The summed E-state index contributed by atoms with van der Waals surface area (Å²) in [6.45, 7) is 1.50. The van der Waals surface area contributed by atoms with Crippen LogP contribution < -0.4 is 11.1 Å². The number of aliphatic hydroxyl groups is 1. The van der Waals surface area contributed by atoms with Crippen molar-refractivity contribution in [2.75, 3.05) is 11.9 Å². The molecule has 5 nitrogen and oxygen atoms in total. The molecule has 1 atom stereocenters. The Labute approximate surface area is 107 Å². The maximum absolute atomic E-state index is 12.5. The summed E-state index contributed by atoms with van der Waals surface area (Å²) in [5.74, 6) is -1.11. The van der Waals surface area contributed by atoms with Crippen molar-refractivity contribution < 1.29 is 23.1 Å². The van der Waals surface area contributed by atoms with Crippen LogP contribution in [-0.2, 0) is 6.18 Å². The molecular formula is C11H14F3N3O2. The minimum absolute atomic E-state index is 0.127. The maximum atomic E-state index is 12.5. The zero-order valence-corrected chi connectivity index (χ0v) is 10.2. The van der Waals surface area contributed by atoms with Gasteiger partial charge in [0.05, 0.1) is 5.56 Å². The lowest BCUT2D eigenvalue weighted by Gasteiger charge is -2.16. The van der Waals surface area contributed by atoms with Crippen molar-refractivity contribution in [2.45, 2.75) is 25.6 Å². The van der Waals surface area contributed by atoms with E-state index in [-0.39, 0.29) is 24.0 Å². The van der Waals surface area contributed by atoms with Crippen LogP contribution in [-0.4, -0.2) is 28.6 Å². The SMILES string of the molecule is CC(CCO)Nc1nc(C(F)(F)F)ccc1C(N)=O. The normalized spacial score (nSPS) is 13.1. The summed E-state index contributed by atoms with van der Waals surface area (Å²) >= 11 is 0. The van der Waals surface area contributed by atoms with Gasteiger partial charge < -0.3 is 16.2 Å². The van der Waals surface area contributed by atoms with E-state index in [1.165, 1.54) is 0 Å². The third kappa shape index (κ3) is 4.09. The van der Waals surface area contributed by atoms with Crippen LogP contribution in [0, 0.1) is 0 Å². The molecule has 0 fully saturated rings. The van der Waals surface area contributed by atoms with Gasteiger partial charge in [-0.05, 0) is 25.5 Å². The van der Waals surface area contributed by atoms with Crippen molar-refractivity contribution >= 4 is 11.7 Å². The molecule has 1 aromatic heterocycles. The van der Waals surface area contributed by atoms with E-state index in [1.807, 2.05) is 0 Å². The Morgan fingerprint density at radius 3 is 2.63 bits per heavy atom. The Bertz CT molecular complexity index is 463. The maximum Gasteiger partial charge on any atom is 0.433 e. The van der Waals surface area contributed by atoms with Gasteiger partial charge in [-0.2, -0.15) is 13.2 Å². The number of primary amides is 1. The van der Waals surface area contributed by atoms with Crippen molar-refractivity contribution in [1.82, 2.24) is 4.98 Å².